The van der Waals surface area contributed by atoms with Crippen LogP contribution in [0.25, 0.3) is 0 Å². The van der Waals surface area contributed by atoms with Gasteiger partial charge in [0.15, 0.2) is 12.4 Å². The van der Waals surface area contributed by atoms with Gasteiger partial charge in [-0.2, -0.15) is 0 Å². The Bertz CT molecular complexity index is 322. The molecule has 1 aliphatic heterocycles. The molecule has 0 aromatic carbocycles. The van der Waals surface area contributed by atoms with Crippen molar-refractivity contribution in [2.75, 3.05) is 7.11 Å². The van der Waals surface area contributed by atoms with E-state index in [4.69, 9.17) is 18.9 Å². The minimum atomic E-state index is -0.612. The molecule has 0 spiro atoms. The van der Waals surface area contributed by atoms with E-state index < -0.39 is 11.7 Å². The van der Waals surface area contributed by atoms with E-state index in [1.807, 2.05) is 34.6 Å². The third-order valence-corrected chi connectivity index (χ3v) is 3.21. The van der Waals surface area contributed by atoms with Crippen molar-refractivity contribution in [2.45, 2.75) is 77.7 Å². The maximum absolute atomic E-state index is 11.2. The molecular formula is C14H26O5. The van der Waals surface area contributed by atoms with Gasteiger partial charge in [-0.15, -0.1) is 0 Å². The molecule has 112 valence electrons. The fourth-order valence-corrected chi connectivity index (χ4v) is 2.36. The average molecular weight is 274 g/mol. The van der Waals surface area contributed by atoms with Crippen LogP contribution in [0.1, 0.15) is 48.0 Å². The van der Waals surface area contributed by atoms with Crippen molar-refractivity contribution in [1.82, 2.24) is 0 Å². The van der Waals surface area contributed by atoms with E-state index in [1.165, 1.54) is 6.92 Å². The Hall–Kier alpha value is -0.650. The molecule has 0 aromatic heterocycles. The van der Waals surface area contributed by atoms with Crippen molar-refractivity contribution in [1.29, 1.82) is 0 Å². The molecule has 19 heavy (non-hydrogen) atoms. The monoisotopic (exact) mass is 274 g/mol. The van der Waals surface area contributed by atoms with Crippen molar-refractivity contribution in [3.05, 3.63) is 0 Å². The lowest BCUT2D eigenvalue weighted by Crippen LogP contribution is -2.58. The molecule has 0 N–H and O–H groups in total. The highest BCUT2D eigenvalue weighted by molar-refractivity contribution is 5.66. The zero-order valence-corrected chi connectivity index (χ0v) is 13.0. The first-order valence-electron chi connectivity index (χ1n) is 6.63. The van der Waals surface area contributed by atoms with Gasteiger partial charge in [-0.25, -0.2) is 0 Å². The second kappa shape index (κ2) is 5.77. The highest BCUT2D eigenvalue weighted by Gasteiger charge is 2.48. The van der Waals surface area contributed by atoms with Gasteiger partial charge in [0.2, 0.25) is 0 Å². The van der Waals surface area contributed by atoms with Crippen LogP contribution in [0, 0.1) is 0 Å². The van der Waals surface area contributed by atoms with E-state index in [0.29, 0.717) is 6.42 Å². The van der Waals surface area contributed by atoms with Crippen molar-refractivity contribution < 1.29 is 23.7 Å². The third-order valence-electron chi connectivity index (χ3n) is 3.21. The average Bonchev–Trinajstić information content (AvgIpc) is 2.21. The van der Waals surface area contributed by atoms with E-state index in [1.54, 1.807) is 7.11 Å². The third kappa shape index (κ3) is 4.44. The van der Waals surface area contributed by atoms with Gasteiger partial charge in [0, 0.05) is 20.5 Å². The Kier molecular flexibility index (Phi) is 4.98. The van der Waals surface area contributed by atoms with Gasteiger partial charge in [-0.3, -0.25) is 4.79 Å². The van der Waals surface area contributed by atoms with Crippen LogP contribution < -0.4 is 0 Å². The van der Waals surface area contributed by atoms with Gasteiger partial charge in [0.1, 0.15) is 5.60 Å². The van der Waals surface area contributed by atoms with E-state index >= 15 is 0 Å². The molecule has 0 unspecified atom stereocenters. The summed E-state index contributed by atoms with van der Waals surface area (Å²) in [4.78, 5) is 11.2. The van der Waals surface area contributed by atoms with Crippen LogP contribution >= 0.6 is 0 Å². The summed E-state index contributed by atoms with van der Waals surface area (Å²) >= 11 is 0. The molecule has 1 aliphatic rings. The SMILES string of the molecule is CO[C@]1(C)C[C@H](OC(C)(C)C)O[C@@H](C)[C@@H]1OC(C)=O. The van der Waals surface area contributed by atoms with Crippen molar-refractivity contribution >= 4 is 5.97 Å². The molecule has 1 rings (SSSR count). The van der Waals surface area contributed by atoms with Crippen LogP contribution in [0.5, 0.6) is 0 Å². The first-order valence-corrected chi connectivity index (χ1v) is 6.63. The summed E-state index contributed by atoms with van der Waals surface area (Å²) in [5.41, 5.74) is -0.910. The molecular weight excluding hydrogens is 248 g/mol. The topological polar surface area (TPSA) is 54.0 Å². The number of carbonyl (C=O) groups excluding carboxylic acids is 1. The standard InChI is InChI=1S/C14H26O5/c1-9-12(18-10(2)15)14(6,16-7)8-11(17-9)19-13(3,4)5/h9,11-12H,8H2,1-7H3/t9-,11-,12-,14+/m0/s1. The van der Waals surface area contributed by atoms with E-state index in [-0.39, 0.29) is 24.0 Å². The fraction of sp³-hybridized carbons (Fsp3) is 0.929. The van der Waals surface area contributed by atoms with E-state index in [2.05, 4.69) is 0 Å². The summed E-state index contributed by atoms with van der Waals surface area (Å²) in [6.07, 6.45) is -0.570. The molecule has 0 saturated carbocycles. The molecule has 0 bridgehead atoms. The molecule has 0 aromatic rings. The smallest absolute Gasteiger partial charge is 0.303 e. The summed E-state index contributed by atoms with van der Waals surface area (Å²) in [6.45, 7) is 11.1. The molecule has 5 heteroatoms. The zero-order valence-electron chi connectivity index (χ0n) is 13.0. The molecule has 1 heterocycles. The predicted octanol–water partition coefficient (Wildman–Crippen LogP) is 2.27. The van der Waals surface area contributed by atoms with Gasteiger partial charge < -0.3 is 18.9 Å². The number of carbonyl (C=O) groups is 1. The maximum Gasteiger partial charge on any atom is 0.303 e. The molecule has 1 saturated heterocycles. The Balaban J connectivity index is 2.83. The predicted molar refractivity (Wildman–Crippen MR) is 70.8 cm³/mol. The Morgan fingerprint density at radius 1 is 1.37 bits per heavy atom. The van der Waals surface area contributed by atoms with Crippen molar-refractivity contribution in [2.24, 2.45) is 0 Å². The van der Waals surface area contributed by atoms with Crippen LogP contribution in [-0.4, -0.2) is 42.8 Å². The second-order valence-corrected chi connectivity index (χ2v) is 6.25. The highest BCUT2D eigenvalue weighted by atomic mass is 16.7. The summed E-state index contributed by atoms with van der Waals surface area (Å²) in [5.74, 6) is -0.334. The minimum absolute atomic E-state index is 0.282. The van der Waals surface area contributed by atoms with Crippen LogP contribution in [0.15, 0.2) is 0 Å². The Labute approximate surface area is 115 Å². The van der Waals surface area contributed by atoms with Crippen LogP contribution in [0.2, 0.25) is 0 Å². The molecule has 5 nitrogen and oxygen atoms in total. The van der Waals surface area contributed by atoms with Gasteiger partial charge in [0.25, 0.3) is 0 Å². The fourth-order valence-electron chi connectivity index (χ4n) is 2.36. The second-order valence-electron chi connectivity index (χ2n) is 6.25. The molecule has 0 amide bonds. The zero-order chi connectivity index (χ0) is 14.8. The molecule has 0 aliphatic carbocycles. The highest BCUT2D eigenvalue weighted by Crippen LogP contribution is 2.35. The summed E-state index contributed by atoms with van der Waals surface area (Å²) in [5, 5.41) is 0. The molecule has 4 atom stereocenters. The first-order chi connectivity index (χ1) is 8.57. The maximum atomic E-state index is 11.2. The lowest BCUT2D eigenvalue weighted by Gasteiger charge is -2.46. The van der Waals surface area contributed by atoms with E-state index in [0.717, 1.165) is 0 Å². The normalized spacial score (nSPS) is 36.1. The van der Waals surface area contributed by atoms with Crippen LogP contribution in [-0.2, 0) is 23.7 Å². The van der Waals surface area contributed by atoms with Gasteiger partial charge >= 0.3 is 5.97 Å². The summed E-state index contributed by atoms with van der Waals surface area (Å²) < 4.78 is 22.6. The Morgan fingerprint density at radius 3 is 2.37 bits per heavy atom. The number of hydrogen-bond acceptors (Lipinski definition) is 5. The number of rotatable bonds is 3. The van der Waals surface area contributed by atoms with Gasteiger partial charge in [-0.05, 0) is 34.6 Å². The van der Waals surface area contributed by atoms with Crippen LogP contribution in [0.4, 0.5) is 0 Å². The lowest BCUT2D eigenvalue weighted by atomic mass is 9.88. The van der Waals surface area contributed by atoms with Gasteiger partial charge in [0.05, 0.1) is 11.7 Å². The number of methoxy groups -OCH3 is 1. The molecule has 1 fully saturated rings. The lowest BCUT2D eigenvalue weighted by molar-refractivity contribution is -0.300. The molecule has 0 radical (unpaired) electrons. The van der Waals surface area contributed by atoms with Crippen molar-refractivity contribution in [3.8, 4) is 0 Å². The van der Waals surface area contributed by atoms with Gasteiger partial charge in [-0.1, -0.05) is 0 Å². The van der Waals surface area contributed by atoms with E-state index in [9.17, 15) is 4.79 Å². The summed E-state index contributed by atoms with van der Waals surface area (Å²) in [7, 11) is 1.61. The first kappa shape index (κ1) is 16.4. The number of esters is 1. The minimum Gasteiger partial charge on any atom is -0.457 e. The number of hydrogen-bond donors (Lipinski definition) is 0. The Morgan fingerprint density at radius 2 is 1.95 bits per heavy atom. The summed E-state index contributed by atoms with van der Waals surface area (Å²) in [6, 6.07) is 0. The van der Waals surface area contributed by atoms with Crippen molar-refractivity contribution in [3.63, 3.8) is 0 Å². The number of ether oxygens (including phenoxy) is 4. The largest absolute Gasteiger partial charge is 0.457 e. The van der Waals surface area contributed by atoms with Crippen LogP contribution in [0.3, 0.4) is 0 Å². The quantitative estimate of drug-likeness (QED) is 0.739.